The Labute approximate surface area is 157 Å². The number of amides is 1. The van der Waals surface area contributed by atoms with Gasteiger partial charge in [0, 0.05) is 17.8 Å². The SMILES string of the molecule is CC(Sc1nnc(NC(C)(C)C)s1)C(=O)N1CCCc2ccccc21. The summed E-state index contributed by atoms with van der Waals surface area (Å²) in [5, 5.41) is 12.3. The van der Waals surface area contributed by atoms with Crippen molar-refractivity contribution in [1.82, 2.24) is 10.2 Å². The first-order chi connectivity index (χ1) is 11.8. The fourth-order valence-electron chi connectivity index (χ4n) is 2.81. The molecular formula is C18H24N4OS2. The van der Waals surface area contributed by atoms with E-state index in [2.05, 4.69) is 42.4 Å². The van der Waals surface area contributed by atoms with Crippen molar-refractivity contribution in [2.75, 3.05) is 16.8 Å². The van der Waals surface area contributed by atoms with Gasteiger partial charge in [0.25, 0.3) is 0 Å². The van der Waals surface area contributed by atoms with Gasteiger partial charge in [-0.05, 0) is 52.2 Å². The first-order valence-corrected chi connectivity index (χ1v) is 10.2. The molecule has 1 unspecified atom stereocenters. The molecule has 5 nitrogen and oxygen atoms in total. The predicted molar refractivity (Wildman–Crippen MR) is 106 cm³/mol. The highest BCUT2D eigenvalue weighted by Crippen LogP contribution is 2.33. The molecule has 0 spiro atoms. The predicted octanol–water partition coefficient (Wildman–Crippen LogP) is 4.21. The summed E-state index contributed by atoms with van der Waals surface area (Å²) in [6.07, 6.45) is 2.05. The summed E-state index contributed by atoms with van der Waals surface area (Å²) >= 11 is 2.98. The molecule has 0 fully saturated rings. The van der Waals surface area contributed by atoms with Crippen LogP contribution in [0.2, 0.25) is 0 Å². The maximum Gasteiger partial charge on any atom is 0.240 e. The number of hydrogen-bond acceptors (Lipinski definition) is 6. The Morgan fingerprint density at radius 3 is 2.84 bits per heavy atom. The Morgan fingerprint density at radius 1 is 1.32 bits per heavy atom. The number of rotatable bonds is 4. The average molecular weight is 377 g/mol. The summed E-state index contributed by atoms with van der Waals surface area (Å²) in [6, 6.07) is 8.19. The summed E-state index contributed by atoms with van der Waals surface area (Å²) in [6.45, 7) is 8.99. The number of para-hydroxylation sites is 1. The minimum absolute atomic E-state index is 0.0551. The summed E-state index contributed by atoms with van der Waals surface area (Å²) in [4.78, 5) is 14.9. The Balaban J connectivity index is 1.68. The van der Waals surface area contributed by atoms with Crippen molar-refractivity contribution < 1.29 is 4.79 Å². The highest BCUT2D eigenvalue weighted by molar-refractivity contribution is 8.02. The maximum absolute atomic E-state index is 12.9. The van der Waals surface area contributed by atoms with Crippen LogP contribution in [0.1, 0.15) is 39.7 Å². The summed E-state index contributed by atoms with van der Waals surface area (Å²) in [5.74, 6) is 0.137. The zero-order valence-electron chi connectivity index (χ0n) is 15.1. The molecule has 1 aromatic heterocycles. The van der Waals surface area contributed by atoms with Gasteiger partial charge < -0.3 is 10.2 Å². The van der Waals surface area contributed by atoms with E-state index in [0.717, 1.165) is 34.5 Å². The molecule has 0 aliphatic carbocycles. The highest BCUT2D eigenvalue weighted by atomic mass is 32.2. The molecule has 134 valence electrons. The normalized spacial score (nSPS) is 15.6. The van der Waals surface area contributed by atoms with E-state index in [-0.39, 0.29) is 16.7 Å². The Morgan fingerprint density at radius 2 is 2.08 bits per heavy atom. The zero-order chi connectivity index (χ0) is 18.0. The van der Waals surface area contributed by atoms with E-state index in [0.29, 0.717) is 0 Å². The Hall–Kier alpha value is -1.60. The number of anilines is 2. The fourth-order valence-corrected chi connectivity index (χ4v) is 4.98. The van der Waals surface area contributed by atoms with Crippen LogP contribution in [0.5, 0.6) is 0 Å². The molecule has 0 saturated carbocycles. The van der Waals surface area contributed by atoms with E-state index in [9.17, 15) is 4.79 Å². The van der Waals surface area contributed by atoms with Crippen LogP contribution in [-0.2, 0) is 11.2 Å². The second-order valence-electron chi connectivity index (χ2n) is 7.23. The first-order valence-electron chi connectivity index (χ1n) is 8.51. The van der Waals surface area contributed by atoms with Crippen molar-refractivity contribution in [2.45, 2.75) is 55.7 Å². The van der Waals surface area contributed by atoms with Crippen LogP contribution in [0.15, 0.2) is 28.6 Å². The van der Waals surface area contributed by atoms with E-state index in [4.69, 9.17) is 0 Å². The van der Waals surface area contributed by atoms with Crippen molar-refractivity contribution in [3.8, 4) is 0 Å². The van der Waals surface area contributed by atoms with Crippen LogP contribution >= 0.6 is 23.1 Å². The first kappa shape index (κ1) is 18.2. The number of aromatic nitrogens is 2. The summed E-state index contributed by atoms with van der Waals surface area (Å²) in [7, 11) is 0. The zero-order valence-corrected chi connectivity index (χ0v) is 16.7. The molecule has 0 bridgehead atoms. The van der Waals surface area contributed by atoms with Crippen molar-refractivity contribution in [1.29, 1.82) is 0 Å². The van der Waals surface area contributed by atoms with E-state index in [1.807, 2.05) is 30.0 Å². The van der Waals surface area contributed by atoms with E-state index in [1.54, 1.807) is 0 Å². The van der Waals surface area contributed by atoms with Gasteiger partial charge in [0.05, 0.1) is 5.25 Å². The number of aryl methyl sites for hydroxylation is 1. The second-order valence-corrected chi connectivity index (χ2v) is 9.80. The second kappa shape index (κ2) is 7.33. The summed E-state index contributed by atoms with van der Waals surface area (Å²) in [5.41, 5.74) is 2.26. The van der Waals surface area contributed by atoms with Crippen LogP contribution in [0.25, 0.3) is 0 Å². The van der Waals surface area contributed by atoms with Crippen molar-refractivity contribution >= 4 is 39.8 Å². The molecule has 1 amide bonds. The Bertz CT molecular complexity index is 754. The van der Waals surface area contributed by atoms with Crippen LogP contribution in [0.3, 0.4) is 0 Å². The number of carbonyl (C=O) groups excluding carboxylic acids is 1. The van der Waals surface area contributed by atoms with Gasteiger partial charge in [0.1, 0.15) is 0 Å². The lowest BCUT2D eigenvalue weighted by atomic mass is 10.0. The Kier molecular flexibility index (Phi) is 5.34. The minimum Gasteiger partial charge on any atom is -0.355 e. The third-order valence-corrected chi connectivity index (χ3v) is 5.90. The van der Waals surface area contributed by atoms with Crippen LogP contribution in [-0.4, -0.2) is 33.4 Å². The standard InChI is InChI=1S/C18H24N4OS2/c1-12(24-17-21-20-16(25-17)19-18(2,3)4)15(23)22-11-7-9-13-8-5-6-10-14(13)22/h5-6,8,10,12H,7,9,11H2,1-4H3,(H,19,20). The monoisotopic (exact) mass is 376 g/mol. The van der Waals surface area contributed by atoms with Gasteiger partial charge in [-0.15, -0.1) is 10.2 Å². The van der Waals surface area contributed by atoms with E-state index >= 15 is 0 Å². The number of thioether (sulfide) groups is 1. The van der Waals surface area contributed by atoms with Crippen LogP contribution in [0.4, 0.5) is 10.8 Å². The number of nitrogens with zero attached hydrogens (tertiary/aromatic N) is 3. The molecule has 25 heavy (non-hydrogen) atoms. The molecule has 7 heteroatoms. The molecule has 1 aliphatic heterocycles. The van der Waals surface area contributed by atoms with Crippen molar-refractivity contribution in [2.24, 2.45) is 0 Å². The summed E-state index contributed by atoms with van der Waals surface area (Å²) < 4.78 is 0.817. The lowest BCUT2D eigenvalue weighted by Crippen LogP contribution is -2.40. The average Bonchev–Trinajstić information content (AvgIpc) is 2.98. The topological polar surface area (TPSA) is 58.1 Å². The molecule has 0 radical (unpaired) electrons. The smallest absolute Gasteiger partial charge is 0.240 e. The minimum atomic E-state index is -0.193. The van der Waals surface area contributed by atoms with Crippen LogP contribution in [0, 0.1) is 0 Å². The van der Waals surface area contributed by atoms with Gasteiger partial charge in [0.2, 0.25) is 11.0 Å². The van der Waals surface area contributed by atoms with Gasteiger partial charge in [-0.25, -0.2) is 0 Å². The lowest BCUT2D eigenvalue weighted by molar-refractivity contribution is -0.117. The van der Waals surface area contributed by atoms with Gasteiger partial charge in [0.15, 0.2) is 4.34 Å². The fraction of sp³-hybridized carbons (Fsp3) is 0.500. The number of nitrogens with one attached hydrogen (secondary N) is 1. The van der Waals surface area contributed by atoms with E-state index < -0.39 is 0 Å². The molecule has 1 N–H and O–H groups in total. The molecule has 2 heterocycles. The third kappa shape index (κ3) is 4.52. The molecule has 1 atom stereocenters. The van der Waals surface area contributed by atoms with Crippen molar-refractivity contribution in [3.05, 3.63) is 29.8 Å². The molecule has 0 saturated heterocycles. The van der Waals surface area contributed by atoms with Gasteiger partial charge in [-0.1, -0.05) is 41.3 Å². The third-order valence-electron chi connectivity index (χ3n) is 3.89. The quantitative estimate of drug-likeness (QED) is 0.810. The van der Waals surface area contributed by atoms with Crippen molar-refractivity contribution in [3.63, 3.8) is 0 Å². The maximum atomic E-state index is 12.9. The molecule has 1 aromatic carbocycles. The number of fused-ring (bicyclic) bond motifs is 1. The molecule has 1 aliphatic rings. The number of hydrogen-bond donors (Lipinski definition) is 1. The largest absolute Gasteiger partial charge is 0.355 e. The molecular weight excluding hydrogens is 352 g/mol. The lowest BCUT2D eigenvalue weighted by Gasteiger charge is -2.31. The van der Waals surface area contributed by atoms with Gasteiger partial charge in [-0.2, -0.15) is 0 Å². The van der Waals surface area contributed by atoms with Crippen LogP contribution < -0.4 is 10.2 Å². The number of carbonyl (C=O) groups is 1. The number of benzene rings is 1. The van der Waals surface area contributed by atoms with Gasteiger partial charge in [-0.3, -0.25) is 4.79 Å². The van der Waals surface area contributed by atoms with Gasteiger partial charge >= 0.3 is 0 Å². The molecule has 2 aromatic rings. The van der Waals surface area contributed by atoms with E-state index in [1.165, 1.54) is 28.7 Å². The molecule has 3 rings (SSSR count). The highest BCUT2D eigenvalue weighted by Gasteiger charge is 2.27.